The van der Waals surface area contributed by atoms with Gasteiger partial charge in [-0.25, -0.2) is 0 Å². The standard InChI is InChI=1S/C8H7FO2/c9-7-6(10)2-1-5-3-4-11-8(5)7/h1-2,10H,3-4H2. The van der Waals surface area contributed by atoms with Crippen molar-refractivity contribution in [3.63, 3.8) is 0 Å². The molecule has 1 N–H and O–H groups in total. The molecule has 0 aromatic heterocycles. The molecule has 0 atom stereocenters. The Bertz CT molecular complexity index is 296. The second kappa shape index (κ2) is 2.12. The summed E-state index contributed by atoms with van der Waals surface area (Å²) in [5.41, 5.74) is 0.834. The zero-order chi connectivity index (χ0) is 7.84. The summed E-state index contributed by atoms with van der Waals surface area (Å²) in [6.07, 6.45) is 0.729. The van der Waals surface area contributed by atoms with E-state index < -0.39 is 5.82 Å². The minimum Gasteiger partial charge on any atom is -0.505 e. The highest BCUT2D eigenvalue weighted by atomic mass is 19.1. The molecule has 2 nitrogen and oxygen atoms in total. The maximum atomic E-state index is 12.9. The Morgan fingerprint density at radius 3 is 3.09 bits per heavy atom. The monoisotopic (exact) mass is 154 g/mol. The van der Waals surface area contributed by atoms with Gasteiger partial charge in [-0.05, 0) is 6.07 Å². The molecule has 0 aliphatic carbocycles. The van der Waals surface area contributed by atoms with E-state index in [0.717, 1.165) is 12.0 Å². The minimum absolute atomic E-state index is 0.213. The van der Waals surface area contributed by atoms with Crippen LogP contribution in [-0.2, 0) is 6.42 Å². The zero-order valence-corrected chi connectivity index (χ0v) is 5.80. The predicted molar refractivity (Wildman–Crippen MR) is 37.3 cm³/mol. The molecule has 1 aromatic carbocycles. The number of ether oxygens (including phenoxy) is 1. The number of phenols is 1. The summed E-state index contributed by atoms with van der Waals surface area (Å²) in [7, 11) is 0. The lowest BCUT2D eigenvalue weighted by atomic mass is 10.1. The Hall–Kier alpha value is -1.25. The van der Waals surface area contributed by atoms with Crippen molar-refractivity contribution < 1.29 is 14.2 Å². The Labute approximate surface area is 63.2 Å². The SMILES string of the molecule is Oc1ccc2c(c1F)OCC2. The van der Waals surface area contributed by atoms with Crippen LogP contribution in [0.4, 0.5) is 4.39 Å². The molecule has 0 saturated carbocycles. The van der Waals surface area contributed by atoms with Crippen molar-refractivity contribution in [2.75, 3.05) is 6.61 Å². The third kappa shape index (κ3) is 0.843. The predicted octanol–water partition coefficient (Wildman–Crippen LogP) is 1.47. The molecule has 1 aliphatic heterocycles. The number of rotatable bonds is 0. The quantitative estimate of drug-likeness (QED) is 0.613. The summed E-state index contributed by atoms with van der Waals surface area (Å²) in [6.45, 7) is 0.510. The van der Waals surface area contributed by atoms with Crippen molar-refractivity contribution in [2.24, 2.45) is 0 Å². The Kier molecular flexibility index (Phi) is 1.24. The van der Waals surface area contributed by atoms with Crippen molar-refractivity contribution >= 4 is 0 Å². The van der Waals surface area contributed by atoms with E-state index in [1.165, 1.54) is 6.07 Å². The second-order valence-electron chi connectivity index (χ2n) is 2.49. The van der Waals surface area contributed by atoms with Crippen molar-refractivity contribution in [2.45, 2.75) is 6.42 Å². The van der Waals surface area contributed by atoms with E-state index >= 15 is 0 Å². The van der Waals surface area contributed by atoms with Gasteiger partial charge in [0.15, 0.2) is 11.5 Å². The van der Waals surface area contributed by atoms with E-state index in [2.05, 4.69) is 0 Å². The summed E-state index contributed by atoms with van der Waals surface area (Å²) >= 11 is 0. The molecule has 0 bridgehead atoms. The number of aromatic hydroxyl groups is 1. The minimum atomic E-state index is -0.639. The van der Waals surface area contributed by atoms with E-state index in [1.807, 2.05) is 0 Å². The number of hydrogen-bond acceptors (Lipinski definition) is 2. The van der Waals surface area contributed by atoms with E-state index in [4.69, 9.17) is 9.84 Å². The molecule has 0 radical (unpaired) electrons. The molecule has 1 heterocycles. The average Bonchev–Trinajstić information content (AvgIpc) is 2.45. The van der Waals surface area contributed by atoms with Gasteiger partial charge < -0.3 is 9.84 Å². The van der Waals surface area contributed by atoms with Crippen molar-refractivity contribution in [3.05, 3.63) is 23.5 Å². The molecule has 0 spiro atoms. The fraction of sp³-hybridized carbons (Fsp3) is 0.250. The third-order valence-electron chi connectivity index (χ3n) is 1.78. The average molecular weight is 154 g/mol. The van der Waals surface area contributed by atoms with Gasteiger partial charge in [0.1, 0.15) is 0 Å². The van der Waals surface area contributed by atoms with Crippen LogP contribution in [0.15, 0.2) is 12.1 Å². The molecule has 0 fully saturated rings. The Morgan fingerprint density at radius 2 is 2.27 bits per heavy atom. The number of phenolic OH excluding ortho intramolecular Hbond substituents is 1. The third-order valence-corrected chi connectivity index (χ3v) is 1.78. The highest BCUT2D eigenvalue weighted by Gasteiger charge is 2.18. The van der Waals surface area contributed by atoms with E-state index in [1.54, 1.807) is 6.07 Å². The van der Waals surface area contributed by atoms with E-state index in [9.17, 15) is 4.39 Å². The molecule has 11 heavy (non-hydrogen) atoms. The first-order chi connectivity index (χ1) is 5.29. The van der Waals surface area contributed by atoms with E-state index in [0.29, 0.717) is 6.61 Å². The first kappa shape index (κ1) is 6.46. The fourth-order valence-electron chi connectivity index (χ4n) is 1.20. The molecule has 2 rings (SSSR count). The van der Waals surface area contributed by atoms with Crippen LogP contribution in [0.2, 0.25) is 0 Å². The molecular weight excluding hydrogens is 147 g/mol. The first-order valence-electron chi connectivity index (χ1n) is 3.42. The van der Waals surface area contributed by atoms with Gasteiger partial charge in [0.2, 0.25) is 5.82 Å². The van der Waals surface area contributed by atoms with Gasteiger partial charge in [0.05, 0.1) is 6.61 Å². The van der Waals surface area contributed by atoms with Crippen LogP contribution in [0.1, 0.15) is 5.56 Å². The van der Waals surface area contributed by atoms with Gasteiger partial charge in [0.25, 0.3) is 0 Å². The lowest BCUT2D eigenvalue weighted by Gasteiger charge is -2.00. The smallest absolute Gasteiger partial charge is 0.206 e. The lowest BCUT2D eigenvalue weighted by molar-refractivity contribution is 0.330. The van der Waals surface area contributed by atoms with Crippen LogP contribution in [0, 0.1) is 5.82 Å². The van der Waals surface area contributed by atoms with Crippen LogP contribution in [0.5, 0.6) is 11.5 Å². The second-order valence-corrected chi connectivity index (χ2v) is 2.49. The summed E-state index contributed by atoms with van der Waals surface area (Å²) in [5.74, 6) is -0.768. The number of fused-ring (bicyclic) bond motifs is 1. The number of halogens is 1. The number of hydrogen-bond donors (Lipinski definition) is 1. The summed E-state index contributed by atoms with van der Waals surface area (Å²) < 4.78 is 17.9. The molecule has 58 valence electrons. The highest BCUT2D eigenvalue weighted by molar-refractivity contribution is 5.43. The molecular formula is C8H7FO2. The Balaban J connectivity index is 2.62. The fourth-order valence-corrected chi connectivity index (χ4v) is 1.20. The van der Waals surface area contributed by atoms with Crippen molar-refractivity contribution in [1.29, 1.82) is 0 Å². The van der Waals surface area contributed by atoms with Crippen LogP contribution >= 0.6 is 0 Å². The summed E-state index contributed by atoms with van der Waals surface area (Å²) in [6, 6.07) is 3.03. The van der Waals surface area contributed by atoms with Gasteiger partial charge in [-0.1, -0.05) is 6.07 Å². The van der Waals surface area contributed by atoms with Crippen molar-refractivity contribution in [1.82, 2.24) is 0 Å². The molecule has 1 aromatic rings. The van der Waals surface area contributed by atoms with Crippen LogP contribution in [-0.4, -0.2) is 11.7 Å². The van der Waals surface area contributed by atoms with Crippen LogP contribution < -0.4 is 4.74 Å². The van der Waals surface area contributed by atoms with Gasteiger partial charge in [-0.2, -0.15) is 4.39 Å². The highest BCUT2D eigenvalue weighted by Crippen LogP contribution is 2.33. The molecule has 3 heteroatoms. The summed E-state index contributed by atoms with van der Waals surface area (Å²) in [4.78, 5) is 0. The van der Waals surface area contributed by atoms with Gasteiger partial charge in [0, 0.05) is 12.0 Å². The molecule has 1 aliphatic rings. The molecule has 0 saturated heterocycles. The summed E-state index contributed by atoms with van der Waals surface area (Å²) in [5, 5.41) is 8.93. The van der Waals surface area contributed by atoms with Gasteiger partial charge in [-0.3, -0.25) is 0 Å². The Morgan fingerprint density at radius 1 is 1.45 bits per heavy atom. The zero-order valence-electron chi connectivity index (χ0n) is 5.80. The number of benzene rings is 1. The van der Waals surface area contributed by atoms with Crippen LogP contribution in [0.3, 0.4) is 0 Å². The normalized spacial score (nSPS) is 14.3. The van der Waals surface area contributed by atoms with Crippen LogP contribution in [0.25, 0.3) is 0 Å². The van der Waals surface area contributed by atoms with Crippen molar-refractivity contribution in [3.8, 4) is 11.5 Å². The molecule has 0 unspecified atom stereocenters. The largest absolute Gasteiger partial charge is 0.505 e. The van der Waals surface area contributed by atoms with Gasteiger partial charge in [-0.15, -0.1) is 0 Å². The lowest BCUT2D eigenvalue weighted by Crippen LogP contribution is -1.88. The first-order valence-corrected chi connectivity index (χ1v) is 3.42. The maximum Gasteiger partial charge on any atom is 0.206 e. The molecule has 0 amide bonds. The maximum absolute atomic E-state index is 12.9. The topological polar surface area (TPSA) is 29.5 Å². The van der Waals surface area contributed by atoms with E-state index in [-0.39, 0.29) is 11.5 Å². The van der Waals surface area contributed by atoms with Gasteiger partial charge >= 0.3 is 0 Å².